The van der Waals surface area contributed by atoms with Crippen molar-refractivity contribution in [2.24, 2.45) is 0 Å². The molecule has 0 heterocycles. The lowest BCUT2D eigenvalue weighted by Crippen LogP contribution is -2.30. The van der Waals surface area contributed by atoms with Crippen molar-refractivity contribution >= 4 is 40.6 Å². The van der Waals surface area contributed by atoms with Crippen molar-refractivity contribution in [1.82, 2.24) is 5.32 Å². The Morgan fingerprint density at radius 3 is 2.84 bits per heavy atom. The van der Waals surface area contributed by atoms with Crippen molar-refractivity contribution in [2.75, 3.05) is 25.1 Å². The summed E-state index contributed by atoms with van der Waals surface area (Å²) in [6, 6.07) is 5.05. The second-order valence-corrected chi connectivity index (χ2v) is 6.74. The lowest BCUT2D eigenvalue weighted by molar-refractivity contribution is 0.0526. The number of halogens is 1. The maximum atomic E-state index is 11.9. The molecule has 2 N–H and O–H groups in total. The van der Waals surface area contributed by atoms with Crippen LogP contribution in [-0.2, 0) is 9.47 Å². The summed E-state index contributed by atoms with van der Waals surface area (Å²) in [4.78, 5) is 11.9. The quantitative estimate of drug-likeness (QED) is 0.399. The van der Waals surface area contributed by atoms with Crippen molar-refractivity contribution in [3.8, 4) is 0 Å². The van der Waals surface area contributed by atoms with E-state index in [-0.39, 0.29) is 0 Å². The number of anilines is 1. The lowest BCUT2D eigenvalue weighted by Gasteiger charge is -2.13. The van der Waals surface area contributed by atoms with E-state index in [1.54, 1.807) is 25.1 Å². The van der Waals surface area contributed by atoms with E-state index in [2.05, 4.69) is 10.6 Å². The van der Waals surface area contributed by atoms with Crippen LogP contribution in [0.3, 0.4) is 0 Å². The van der Waals surface area contributed by atoms with Crippen molar-refractivity contribution in [3.63, 3.8) is 0 Å². The van der Waals surface area contributed by atoms with Gasteiger partial charge < -0.3 is 20.1 Å². The molecule has 0 saturated heterocycles. The molecule has 0 radical (unpaired) electrons. The fourth-order valence-electron chi connectivity index (χ4n) is 2.72. The minimum atomic E-state index is -0.445. The highest BCUT2D eigenvalue weighted by molar-refractivity contribution is 7.80. The van der Waals surface area contributed by atoms with Gasteiger partial charge in [0.2, 0.25) is 0 Å². The van der Waals surface area contributed by atoms with Gasteiger partial charge in [0.25, 0.3) is 0 Å². The number of benzene rings is 1. The second kappa shape index (κ2) is 10.6. The normalized spacial score (nSPS) is 14.3. The summed E-state index contributed by atoms with van der Waals surface area (Å²) < 4.78 is 10.8. The van der Waals surface area contributed by atoms with E-state index in [0.29, 0.717) is 34.1 Å². The molecule has 0 aliphatic heterocycles. The van der Waals surface area contributed by atoms with Crippen molar-refractivity contribution in [1.29, 1.82) is 0 Å². The number of rotatable bonds is 8. The minimum Gasteiger partial charge on any atom is -0.462 e. The van der Waals surface area contributed by atoms with Crippen LogP contribution in [0.25, 0.3) is 0 Å². The molecule has 0 bridgehead atoms. The molecule has 0 atom stereocenters. The second-order valence-electron chi connectivity index (χ2n) is 5.93. The van der Waals surface area contributed by atoms with Gasteiger partial charge in [-0.1, -0.05) is 24.4 Å². The first-order valence-electron chi connectivity index (χ1n) is 8.73. The number of esters is 1. The predicted molar refractivity (Wildman–Crippen MR) is 104 cm³/mol. The highest BCUT2D eigenvalue weighted by atomic mass is 35.5. The first kappa shape index (κ1) is 19.9. The van der Waals surface area contributed by atoms with Gasteiger partial charge in [-0.25, -0.2) is 4.79 Å². The summed E-state index contributed by atoms with van der Waals surface area (Å²) in [5, 5.41) is 7.04. The topological polar surface area (TPSA) is 59.6 Å². The Labute approximate surface area is 159 Å². The fourth-order valence-corrected chi connectivity index (χ4v) is 3.14. The van der Waals surface area contributed by atoms with Crippen LogP contribution in [0.4, 0.5) is 5.69 Å². The van der Waals surface area contributed by atoms with Gasteiger partial charge in [0, 0.05) is 18.8 Å². The molecule has 1 aromatic rings. The largest absolute Gasteiger partial charge is 0.462 e. The van der Waals surface area contributed by atoms with E-state index in [9.17, 15) is 4.79 Å². The Balaban J connectivity index is 1.72. The van der Waals surface area contributed by atoms with Crippen LogP contribution in [0.2, 0.25) is 5.02 Å². The molecule has 138 valence electrons. The summed E-state index contributed by atoms with van der Waals surface area (Å²) in [7, 11) is 0. The zero-order valence-corrected chi connectivity index (χ0v) is 16.0. The maximum Gasteiger partial charge on any atom is 0.339 e. The Morgan fingerprint density at radius 2 is 2.12 bits per heavy atom. The van der Waals surface area contributed by atoms with Gasteiger partial charge in [-0.15, -0.1) is 0 Å². The third-order valence-electron chi connectivity index (χ3n) is 3.98. The summed E-state index contributed by atoms with van der Waals surface area (Å²) >= 11 is 11.3. The highest BCUT2D eigenvalue weighted by Gasteiger charge is 2.15. The Kier molecular flexibility index (Phi) is 8.44. The van der Waals surface area contributed by atoms with E-state index in [1.165, 1.54) is 25.7 Å². The van der Waals surface area contributed by atoms with Crippen LogP contribution in [0.5, 0.6) is 0 Å². The molecule has 1 fully saturated rings. The van der Waals surface area contributed by atoms with E-state index >= 15 is 0 Å². The van der Waals surface area contributed by atoms with Gasteiger partial charge in [0.1, 0.15) is 0 Å². The molecular weight excluding hydrogens is 360 g/mol. The molecule has 0 spiro atoms. The van der Waals surface area contributed by atoms with Gasteiger partial charge in [0.05, 0.1) is 23.3 Å². The summed E-state index contributed by atoms with van der Waals surface area (Å²) in [5.41, 5.74) is 1.01. The van der Waals surface area contributed by atoms with Gasteiger partial charge in [0.15, 0.2) is 5.11 Å². The average Bonchev–Trinajstić information content (AvgIpc) is 3.10. The monoisotopic (exact) mass is 384 g/mol. The van der Waals surface area contributed by atoms with Crippen LogP contribution >= 0.6 is 23.8 Å². The molecule has 7 heteroatoms. The first-order valence-corrected chi connectivity index (χ1v) is 9.52. The number of ether oxygens (including phenoxy) is 2. The van der Waals surface area contributed by atoms with Crippen molar-refractivity contribution < 1.29 is 14.3 Å². The van der Waals surface area contributed by atoms with Gasteiger partial charge >= 0.3 is 5.97 Å². The number of nitrogens with one attached hydrogen (secondary N) is 2. The minimum absolute atomic E-state index is 0.301. The molecule has 1 aromatic carbocycles. The lowest BCUT2D eigenvalue weighted by atomic mass is 10.2. The molecule has 0 unspecified atom stereocenters. The number of hydrogen-bond donors (Lipinski definition) is 2. The standard InChI is InChI=1S/C18H25ClN2O3S/c1-2-23-17(22)15-12-13(8-9-16(15)19)21-18(25)20-10-5-11-24-14-6-3-4-7-14/h8-9,12,14H,2-7,10-11H2,1H3,(H2,20,21,25). The SMILES string of the molecule is CCOC(=O)c1cc(NC(=S)NCCCOC2CCCC2)ccc1Cl. The Hall–Kier alpha value is -1.37. The van der Waals surface area contributed by atoms with E-state index in [4.69, 9.17) is 33.3 Å². The van der Waals surface area contributed by atoms with Crippen molar-refractivity contribution in [2.45, 2.75) is 45.1 Å². The van der Waals surface area contributed by atoms with Crippen molar-refractivity contribution in [3.05, 3.63) is 28.8 Å². The first-order chi connectivity index (χ1) is 12.1. The molecule has 2 rings (SSSR count). The molecule has 25 heavy (non-hydrogen) atoms. The predicted octanol–water partition coefficient (Wildman–Crippen LogP) is 4.15. The van der Waals surface area contributed by atoms with E-state index < -0.39 is 5.97 Å². The molecule has 1 saturated carbocycles. The zero-order valence-electron chi connectivity index (χ0n) is 14.5. The van der Waals surface area contributed by atoms with Crippen LogP contribution in [0, 0.1) is 0 Å². The van der Waals surface area contributed by atoms with Crippen LogP contribution in [0.1, 0.15) is 49.4 Å². The number of hydrogen-bond acceptors (Lipinski definition) is 4. The summed E-state index contributed by atoms with van der Waals surface area (Å²) in [6.45, 7) is 3.53. The summed E-state index contributed by atoms with van der Waals surface area (Å²) in [6.07, 6.45) is 6.28. The maximum absolute atomic E-state index is 11.9. The summed E-state index contributed by atoms with van der Waals surface area (Å²) in [5.74, 6) is -0.445. The fraction of sp³-hybridized carbons (Fsp3) is 0.556. The van der Waals surface area contributed by atoms with Crippen LogP contribution in [0.15, 0.2) is 18.2 Å². The van der Waals surface area contributed by atoms with Crippen LogP contribution in [-0.4, -0.2) is 36.9 Å². The zero-order chi connectivity index (χ0) is 18.1. The third-order valence-corrected chi connectivity index (χ3v) is 4.56. The Morgan fingerprint density at radius 1 is 1.36 bits per heavy atom. The molecule has 0 aromatic heterocycles. The van der Waals surface area contributed by atoms with Crippen LogP contribution < -0.4 is 10.6 Å². The van der Waals surface area contributed by atoms with E-state index in [0.717, 1.165) is 19.6 Å². The molecule has 0 amide bonds. The third kappa shape index (κ3) is 6.80. The highest BCUT2D eigenvalue weighted by Crippen LogP contribution is 2.22. The van der Waals surface area contributed by atoms with Gasteiger partial charge in [-0.2, -0.15) is 0 Å². The molecule has 5 nitrogen and oxygen atoms in total. The molecular formula is C18H25ClN2O3S. The molecule has 1 aliphatic rings. The average molecular weight is 385 g/mol. The van der Waals surface area contributed by atoms with Gasteiger partial charge in [-0.05, 0) is 56.6 Å². The van der Waals surface area contributed by atoms with E-state index in [1.807, 2.05) is 0 Å². The molecule has 1 aliphatic carbocycles. The number of carbonyl (C=O) groups is 1. The number of thiocarbonyl (C=S) groups is 1. The van der Waals surface area contributed by atoms with Gasteiger partial charge in [-0.3, -0.25) is 0 Å². The smallest absolute Gasteiger partial charge is 0.339 e. The number of carbonyl (C=O) groups excluding carboxylic acids is 1. The Bertz CT molecular complexity index is 592.